The molecule has 16 heteroatoms. The third-order valence-corrected chi connectivity index (χ3v) is 10.8. The molecule has 1 saturated carbocycles. The molecule has 16 nitrogen and oxygen atoms in total. The summed E-state index contributed by atoms with van der Waals surface area (Å²) in [5.41, 5.74) is 0. The molecule has 7 N–H and O–H groups in total. The molecule has 3 aliphatic rings. The van der Waals surface area contributed by atoms with Crippen molar-refractivity contribution in [2.75, 3.05) is 19.6 Å². The summed E-state index contributed by atoms with van der Waals surface area (Å²) in [4.78, 5) is 95.3. The van der Waals surface area contributed by atoms with E-state index in [1.807, 2.05) is 20.8 Å². The van der Waals surface area contributed by atoms with Gasteiger partial charge in [0.2, 0.25) is 35.4 Å². The van der Waals surface area contributed by atoms with Gasteiger partial charge in [-0.15, -0.1) is 0 Å². The normalized spacial score (nSPS) is 23.7. The van der Waals surface area contributed by atoms with E-state index in [4.69, 9.17) is 0 Å². The number of piperidine rings is 1. The SMILES string of the molecule is CCCNC(=O)[C@@H](NC(=O)[C@@H]1C[C@@H](O)CN1C(=O)[C@H](CC(=O)O)NC(=O)[C@@H]1CCCCN1C(=O)[C@@H](NC(=O)C[C@H](C)C1CCCCC1)C(C)C)[C@@H](C)O. The van der Waals surface area contributed by atoms with Crippen molar-refractivity contribution in [1.82, 2.24) is 31.1 Å². The number of β-amino-alcohol motifs (C(OH)–C–C–N with tert-alkyl or cyclic N) is 1. The topological polar surface area (TPSA) is 235 Å². The van der Waals surface area contributed by atoms with Crippen LogP contribution in [0.1, 0.15) is 112 Å². The standard InChI is InChI=1S/C37H62N6O10/c1-6-15-38-35(51)32(23(5)44)41-34(50)28-18-25(45)20-43(28)36(52)26(19-30(47)48)39-33(49)27-14-10-11-16-42(27)37(53)31(21(2)3)40-29(46)17-22(4)24-12-8-7-9-13-24/h21-28,31-32,44-45H,6-20H2,1-5H3,(H,38,51)(H,39,49)(H,40,46)(H,41,50)(H,47,48)/t22-,23+,25+,26-,27-,28-,31-,32-/m0/s1. The summed E-state index contributed by atoms with van der Waals surface area (Å²) in [6.45, 7) is 9.03. The monoisotopic (exact) mass is 750 g/mol. The Morgan fingerprint density at radius 1 is 0.755 bits per heavy atom. The fraction of sp³-hybridized carbons (Fsp3) is 0.811. The first-order valence-electron chi connectivity index (χ1n) is 19.4. The largest absolute Gasteiger partial charge is 0.481 e. The Kier molecular flexibility index (Phi) is 17.0. The second-order valence-corrected chi connectivity index (χ2v) is 15.5. The molecule has 8 atom stereocenters. The molecule has 0 spiro atoms. The smallest absolute Gasteiger partial charge is 0.305 e. The van der Waals surface area contributed by atoms with Gasteiger partial charge in [0.1, 0.15) is 30.2 Å². The van der Waals surface area contributed by atoms with Gasteiger partial charge in [-0.25, -0.2) is 0 Å². The minimum Gasteiger partial charge on any atom is -0.481 e. The van der Waals surface area contributed by atoms with E-state index in [1.54, 1.807) is 0 Å². The number of rotatable bonds is 17. The molecule has 3 fully saturated rings. The van der Waals surface area contributed by atoms with Crippen LogP contribution in [-0.4, -0.2) is 129 Å². The van der Waals surface area contributed by atoms with Crippen LogP contribution in [0.5, 0.6) is 0 Å². The van der Waals surface area contributed by atoms with E-state index in [9.17, 15) is 48.9 Å². The predicted molar refractivity (Wildman–Crippen MR) is 194 cm³/mol. The van der Waals surface area contributed by atoms with Crippen molar-refractivity contribution in [3.05, 3.63) is 0 Å². The molecular weight excluding hydrogens is 688 g/mol. The Morgan fingerprint density at radius 2 is 1.40 bits per heavy atom. The lowest BCUT2D eigenvalue weighted by Crippen LogP contribution is -2.61. The number of amides is 6. The van der Waals surface area contributed by atoms with E-state index < -0.39 is 84.3 Å². The Morgan fingerprint density at radius 3 is 2.00 bits per heavy atom. The maximum absolute atomic E-state index is 14.0. The van der Waals surface area contributed by atoms with Crippen LogP contribution in [0.25, 0.3) is 0 Å². The second kappa shape index (κ2) is 20.6. The predicted octanol–water partition coefficient (Wildman–Crippen LogP) is 0.428. The lowest BCUT2D eigenvalue weighted by Gasteiger charge is -2.38. The molecule has 0 aromatic rings. The third kappa shape index (κ3) is 12.4. The lowest BCUT2D eigenvalue weighted by atomic mass is 9.79. The maximum Gasteiger partial charge on any atom is 0.305 e. The third-order valence-electron chi connectivity index (χ3n) is 10.8. The number of aliphatic hydroxyl groups is 2. The molecule has 0 radical (unpaired) electrons. The number of hydrogen-bond acceptors (Lipinski definition) is 9. The Hall–Kier alpha value is -3.79. The van der Waals surface area contributed by atoms with Crippen LogP contribution < -0.4 is 21.3 Å². The number of nitrogens with one attached hydrogen (secondary N) is 4. The Bertz CT molecular complexity index is 1300. The van der Waals surface area contributed by atoms with Crippen molar-refractivity contribution in [3.8, 4) is 0 Å². The zero-order chi connectivity index (χ0) is 39.4. The number of carbonyl (C=O) groups excluding carboxylic acids is 6. The van der Waals surface area contributed by atoms with E-state index in [-0.39, 0.29) is 43.7 Å². The first kappa shape index (κ1) is 43.6. The molecule has 6 amide bonds. The summed E-state index contributed by atoms with van der Waals surface area (Å²) in [5.74, 6) is -4.90. The van der Waals surface area contributed by atoms with Crippen molar-refractivity contribution in [3.63, 3.8) is 0 Å². The van der Waals surface area contributed by atoms with Crippen LogP contribution in [0.15, 0.2) is 0 Å². The molecule has 0 aromatic heterocycles. The molecule has 0 bridgehead atoms. The number of hydrogen-bond donors (Lipinski definition) is 7. The quantitative estimate of drug-likeness (QED) is 0.108. The summed E-state index contributed by atoms with van der Waals surface area (Å²) in [6, 6.07) is -6.27. The molecule has 0 unspecified atom stereocenters. The number of aliphatic hydroxyl groups excluding tert-OH is 2. The van der Waals surface area contributed by atoms with E-state index in [1.165, 1.54) is 18.2 Å². The van der Waals surface area contributed by atoms with Crippen molar-refractivity contribution in [1.29, 1.82) is 0 Å². The van der Waals surface area contributed by atoms with Gasteiger partial charge in [-0.05, 0) is 50.4 Å². The van der Waals surface area contributed by atoms with Gasteiger partial charge in [-0.2, -0.15) is 0 Å². The molecule has 2 aliphatic heterocycles. The van der Waals surface area contributed by atoms with Crippen molar-refractivity contribution in [2.24, 2.45) is 17.8 Å². The molecule has 53 heavy (non-hydrogen) atoms. The van der Waals surface area contributed by atoms with Crippen LogP contribution in [0.3, 0.4) is 0 Å². The first-order valence-corrected chi connectivity index (χ1v) is 19.4. The number of carboxylic acids is 1. The number of carboxylic acid groups (broad SMARTS) is 1. The number of carbonyl (C=O) groups is 7. The Labute approximate surface area is 312 Å². The molecule has 300 valence electrons. The molecule has 3 rings (SSSR count). The number of aliphatic carboxylic acids is 1. The van der Waals surface area contributed by atoms with Crippen molar-refractivity contribution in [2.45, 2.75) is 154 Å². The number of nitrogens with zero attached hydrogens (tertiary/aromatic N) is 2. The average molecular weight is 751 g/mol. The van der Waals surface area contributed by atoms with Gasteiger partial charge < -0.3 is 46.4 Å². The van der Waals surface area contributed by atoms with E-state index >= 15 is 0 Å². The molecule has 2 heterocycles. The van der Waals surface area contributed by atoms with E-state index in [0.717, 1.165) is 30.6 Å². The summed E-state index contributed by atoms with van der Waals surface area (Å²) < 4.78 is 0. The molecular formula is C37H62N6O10. The van der Waals surface area contributed by atoms with Gasteiger partial charge in [0.15, 0.2) is 0 Å². The van der Waals surface area contributed by atoms with Gasteiger partial charge in [-0.3, -0.25) is 33.6 Å². The highest BCUT2D eigenvalue weighted by atomic mass is 16.4. The van der Waals surface area contributed by atoms with Gasteiger partial charge >= 0.3 is 5.97 Å². The second-order valence-electron chi connectivity index (χ2n) is 15.5. The minimum atomic E-state index is -1.65. The lowest BCUT2D eigenvalue weighted by molar-refractivity contribution is -0.149. The summed E-state index contributed by atoms with van der Waals surface area (Å²) in [6.07, 6.45) is 4.53. The minimum absolute atomic E-state index is 0.169. The maximum atomic E-state index is 14.0. The summed E-state index contributed by atoms with van der Waals surface area (Å²) >= 11 is 0. The van der Waals surface area contributed by atoms with Crippen LogP contribution in [0, 0.1) is 17.8 Å². The molecule has 0 aromatic carbocycles. The van der Waals surface area contributed by atoms with Crippen LogP contribution >= 0.6 is 0 Å². The number of likely N-dealkylation sites (tertiary alicyclic amines) is 2. The first-order chi connectivity index (χ1) is 25.0. The Balaban J connectivity index is 1.75. The summed E-state index contributed by atoms with van der Waals surface area (Å²) in [7, 11) is 0. The van der Waals surface area contributed by atoms with E-state index in [2.05, 4.69) is 28.2 Å². The van der Waals surface area contributed by atoms with Crippen molar-refractivity contribution < 1.29 is 48.9 Å². The highest BCUT2D eigenvalue weighted by Gasteiger charge is 2.45. The average Bonchev–Trinajstić information content (AvgIpc) is 3.52. The van der Waals surface area contributed by atoms with Crippen LogP contribution in [-0.2, 0) is 33.6 Å². The zero-order valence-corrected chi connectivity index (χ0v) is 32.0. The van der Waals surface area contributed by atoms with Crippen LogP contribution in [0.2, 0.25) is 0 Å². The van der Waals surface area contributed by atoms with Gasteiger partial charge in [0.25, 0.3) is 0 Å². The van der Waals surface area contributed by atoms with Crippen molar-refractivity contribution >= 4 is 41.4 Å². The fourth-order valence-electron chi connectivity index (χ4n) is 7.72. The van der Waals surface area contributed by atoms with Gasteiger partial charge in [-0.1, -0.05) is 59.8 Å². The molecule has 2 saturated heterocycles. The summed E-state index contributed by atoms with van der Waals surface area (Å²) in [5, 5.41) is 40.9. The van der Waals surface area contributed by atoms with Gasteiger partial charge in [0.05, 0.1) is 18.6 Å². The fourth-order valence-corrected chi connectivity index (χ4v) is 7.72. The zero-order valence-electron chi connectivity index (χ0n) is 32.0. The highest BCUT2D eigenvalue weighted by Crippen LogP contribution is 2.31. The molecule has 1 aliphatic carbocycles. The van der Waals surface area contributed by atoms with E-state index in [0.29, 0.717) is 38.1 Å². The van der Waals surface area contributed by atoms with Gasteiger partial charge in [0, 0.05) is 32.5 Å². The van der Waals surface area contributed by atoms with Crippen LogP contribution in [0.4, 0.5) is 0 Å². The highest BCUT2D eigenvalue weighted by molar-refractivity contribution is 5.98.